The molecule has 0 aliphatic carbocycles. The van der Waals surface area contributed by atoms with Crippen LogP contribution in [0.5, 0.6) is 0 Å². The maximum Gasteiger partial charge on any atom is 0.240 e. The Morgan fingerprint density at radius 2 is 1.86 bits per heavy atom. The number of rotatable bonds is 14. The molecular formula is C20H37N4O3S+. The fourth-order valence-corrected chi connectivity index (χ4v) is 4.49. The van der Waals surface area contributed by atoms with Crippen molar-refractivity contribution in [3.05, 3.63) is 23.8 Å². The van der Waals surface area contributed by atoms with Crippen molar-refractivity contribution in [1.29, 1.82) is 0 Å². The zero-order valence-electron chi connectivity index (χ0n) is 17.9. The van der Waals surface area contributed by atoms with Crippen LogP contribution in [0.2, 0.25) is 0 Å². The molecule has 1 amide bonds. The summed E-state index contributed by atoms with van der Waals surface area (Å²) in [7, 11) is -1.75. The van der Waals surface area contributed by atoms with E-state index in [0.29, 0.717) is 6.54 Å². The Bertz CT molecular complexity index is 718. The molecule has 0 heterocycles. The third-order valence-corrected chi connectivity index (χ3v) is 7.09. The average Bonchev–Trinajstić information content (AvgIpc) is 2.67. The van der Waals surface area contributed by atoms with E-state index in [0.717, 1.165) is 61.2 Å². The van der Waals surface area contributed by atoms with Gasteiger partial charge in [-0.3, -0.25) is 4.79 Å². The van der Waals surface area contributed by atoms with Gasteiger partial charge in [0.05, 0.1) is 37.6 Å². The van der Waals surface area contributed by atoms with Gasteiger partial charge in [0.2, 0.25) is 16.4 Å². The van der Waals surface area contributed by atoms with Crippen molar-refractivity contribution >= 4 is 22.1 Å². The van der Waals surface area contributed by atoms with Crippen molar-refractivity contribution in [3.8, 4) is 0 Å². The van der Waals surface area contributed by atoms with Gasteiger partial charge in [0.1, 0.15) is 0 Å². The molecule has 0 aliphatic rings. The fraction of sp³-hybridized carbons (Fsp3) is 0.650. The number of carbonyl (C=O) groups is 1. The molecule has 0 saturated heterocycles. The van der Waals surface area contributed by atoms with Crippen LogP contribution in [0.4, 0.5) is 5.69 Å². The number of anilines is 1. The Morgan fingerprint density at radius 3 is 2.43 bits per heavy atom. The van der Waals surface area contributed by atoms with Crippen LogP contribution in [0.15, 0.2) is 23.1 Å². The van der Waals surface area contributed by atoms with E-state index in [9.17, 15) is 13.2 Å². The van der Waals surface area contributed by atoms with Gasteiger partial charge in [0.15, 0.2) is 0 Å². The third-order valence-electron chi connectivity index (χ3n) is 5.63. The lowest BCUT2D eigenvalue weighted by Gasteiger charge is -2.37. The van der Waals surface area contributed by atoms with E-state index < -0.39 is 10.0 Å². The highest BCUT2D eigenvalue weighted by atomic mass is 32.2. The molecule has 28 heavy (non-hydrogen) atoms. The number of amides is 1. The standard InChI is InChI=1S/C20H36N4O3S/c1-6-24(7-2,13-8-9-18(4)22-16-25)14-12-23-28(26,27)19-11-10-17(3)20(15-19)21-5/h10-11,15-16,18,21,23H,6-9,12-14H2,1-5H3/p+1. The minimum Gasteiger partial charge on any atom is -0.388 e. The summed E-state index contributed by atoms with van der Waals surface area (Å²) < 4.78 is 28.9. The van der Waals surface area contributed by atoms with Gasteiger partial charge in [-0.05, 0) is 58.2 Å². The molecule has 1 aromatic carbocycles. The highest BCUT2D eigenvalue weighted by Crippen LogP contribution is 2.19. The van der Waals surface area contributed by atoms with Crippen molar-refractivity contribution in [2.24, 2.45) is 0 Å². The fourth-order valence-electron chi connectivity index (χ4n) is 3.44. The molecule has 1 atom stereocenters. The normalized spacial score (nSPS) is 13.2. The molecule has 0 spiro atoms. The molecule has 1 aromatic rings. The lowest BCUT2D eigenvalue weighted by atomic mass is 10.1. The summed E-state index contributed by atoms with van der Waals surface area (Å²) in [5, 5.41) is 5.80. The number of likely N-dealkylation sites (N-methyl/N-ethyl adjacent to an activating group) is 1. The molecule has 0 radical (unpaired) electrons. The Morgan fingerprint density at radius 1 is 1.18 bits per heavy atom. The average molecular weight is 414 g/mol. The van der Waals surface area contributed by atoms with Crippen LogP contribution >= 0.6 is 0 Å². The second-order valence-electron chi connectivity index (χ2n) is 7.37. The van der Waals surface area contributed by atoms with Crippen molar-refractivity contribution in [2.75, 3.05) is 45.1 Å². The van der Waals surface area contributed by atoms with E-state index in [1.54, 1.807) is 19.2 Å². The lowest BCUT2D eigenvalue weighted by Crippen LogP contribution is -2.52. The van der Waals surface area contributed by atoms with E-state index >= 15 is 0 Å². The molecular weight excluding hydrogens is 376 g/mol. The number of quaternary nitrogens is 1. The first kappa shape index (κ1) is 24.4. The summed E-state index contributed by atoms with van der Waals surface area (Å²) in [6.07, 6.45) is 2.65. The Hall–Kier alpha value is -1.64. The Labute approximate surface area is 170 Å². The summed E-state index contributed by atoms with van der Waals surface area (Å²) in [5.41, 5.74) is 1.82. The lowest BCUT2D eigenvalue weighted by molar-refractivity contribution is -0.924. The zero-order valence-corrected chi connectivity index (χ0v) is 18.7. The van der Waals surface area contributed by atoms with Gasteiger partial charge in [0.25, 0.3) is 0 Å². The van der Waals surface area contributed by atoms with Gasteiger partial charge in [-0.25, -0.2) is 13.1 Å². The molecule has 8 heteroatoms. The largest absolute Gasteiger partial charge is 0.388 e. The van der Waals surface area contributed by atoms with E-state index in [2.05, 4.69) is 29.2 Å². The molecule has 160 valence electrons. The minimum absolute atomic E-state index is 0.162. The molecule has 0 aliphatic heterocycles. The number of aryl methyl sites for hydroxylation is 1. The summed E-state index contributed by atoms with van der Waals surface area (Å²) in [4.78, 5) is 10.8. The predicted octanol–water partition coefficient (Wildman–Crippen LogP) is 2.09. The number of carbonyl (C=O) groups excluding carboxylic acids is 1. The van der Waals surface area contributed by atoms with Crippen LogP contribution < -0.4 is 15.4 Å². The maximum absolute atomic E-state index is 12.7. The summed E-state index contributed by atoms with van der Waals surface area (Å²) in [5.74, 6) is 0. The predicted molar refractivity (Wildman–Crippen MR) is 115 cm³/mol. The molecule has 7 nitrogen and oxygen atoms in total. The van der Waals surface area contributed by atoms with Gasteiger partial charge >= 0.3 is 0 Å². The molecule has 1 rings (SSSR count). The third kappa shape index (κ3) is 7.07. The van der Waals surface area contributed by atoms with Gasteiger partial charge < -0.3 is 15.1 Å². The second kappa shape index (κ2) is 11.4. The monoisotopic (exact) mass is 413 g/mol. The SMILES string of the molecule is CC[N+](CC)(CCCC(C)NC=O)CCNS(=O)(=O)c1ccc(C)c(NC)c1. The van der Waals surface area contributed by atoms with Crippen LogP contribution in [0, 0.1) is 6.92 Å². The quantitative estimate of drug-likeness (QED) is 0.322. The maximum atomic E-state index is 12.7. The van der Waals surface area contributed by atoms with Gasteiger partial charge in [-0.1, -0.05) is 6.07 Å². The number of sulfonamides is 1. The molecule has 0 saturated carbocycles. The number of benzene rings is 1. The van der Waals surface area contributed by atoms with Crippen LogP contribution in [0.25, 0.3) is 0 Å². The Kier molecular flexibility index (Phi) is 9.92. The van der Waals surface area contributed by atoms with E-state index in [1.807, 2.05) is 19.9 Å². The first-order valence-electron chi connectivity index (χ1n) is 10.1. The van der Waals surface area contributed by atoms with E-state index in [-0.39, 0.29) is 10.9 Å². The second-order valence-corrected chi connectivity index (χ2v) is 9.14. The summed E-state index contributed by atoms with van der Waals surface area (Å²) >= 11 is 0. The van der Waals surface area contributed by atoms with Crippen LogP contribution in [-0.2, 0) is 14.8 Å². The minimum atomic E-state index is -3.54. The number of nitrogens with zero attached hydrogens (tertiary/aromatic N) is 1. The van der Waals surface area contributed by atoms with Gasteiger partial charge in [0, 0.05) is 18.8 Å². The summed E-state index contributed by atoms with van der Waals surface area (Å²) in [6, 6.07) is 5.28. The van der Waals surface area contributed by atoms with Crippen LogP contribution in [0.3, 0.4) is 0 Å². The molecule has 0 fully saturated rings. The van der Waals surface area contributed by atoms with Crippen molar-refractivity contribution < 1.29 is 17.7 Å². The van der Waals surface area contributed by atoms with Crippen molar-refractivity contribution in [1.82, 2.24) is 10.0 Å². The highest BCUT2D eigenvalue weighted by Gasteiger charge is 2.24. The smallest absolute Gasteiger partial charge is 0.240 e. The van der Waals surface area contributed by atoms with Crippen molar-refractivity contribution in [2.45, 2.75) is 51.5 Å². The number of hydrogen-bond acceptors (Lipinski definition) is 4. The Balaban J connectivity index is 2.69. The van der Waals surface area contributed by atoms with Gasteiger partial charge in [-0.2, -0.15) is 0 Å². The topological polar surface area (TPSA) is 87.3 Å². The summed E-state index contributed by atoms with van der Waals surface area (Å²) in [6.45, 7) is 12.2. The molecule has 0 bridgehead atoms. The van der Waals surface area contributed by atoms with Crippen LogP contribution in [-0.4, -0.2) is 65.1 Å². The van der Waals surface area contributed by atoms with Crippen molar-refractivity contribution in [3.63, 3.8) is 0 Å². The number of hydrogen-bond donors (Lipinski definition) is 3. The van der Waals surface area contributed by atoms with Crippen LogP contribution in [0.1, 0.15) is 39.2 Å². The molecule has 3 N–H and O–H groups in total. The first-order valence-corrected chi connectivity index (χ1v) is 11.5. The number of nitrogens with one attached hydrogen (secondary N) is 3. The molecule has 0 aromatic heterocycles. The van der Waals surface area contributed by atoms with Gasteiger partial charge in [-0.15, -0.1) is 0 Å². The highest BCUT2D eigenvalue weighted by molar-refractivity contribution is 7.89. The zero-order chi connectivity index (χ0) is 21.2. The molecule has 1 unspecified atom stereocenters. The first-order chi connectivity index (χ1) is 13.2. The van der Waals surface area contributed by atoms with E-state index in [1.165, 1.54) is 0 Å². The van der Waals surface area contributed by atoms with E-state index in [4.69, 9.17) is 0 Å².